The van der Waals surface area contributed by atoms with Crippen LogP contribution in [0.2, 0.25) is 0 Å². The zero-order valence-corrected chi connectivity index (χ0v) is 12.5. The monoisotopic (exact) mass is 312 g/mol. The molecule has 1 amide bonds. The van der Waals surface area contributed by atoms with Crippen LogP contribution in [0, 0.1) is 17.0 Å². The number of anilines is 1. The molecule has 0 bridgehead atoms. The van der Waals surface area contributed by atoms with Gasteiger partial charge in [0, 0.05) is 11.8 Å². The molecule has 7 heteroatoms. The van der Waals surface area contributed by atoms with E-state index in [9.17, 15) is 14.9 Å². The smallest absolute Gasteiger partial charge is 0.278 e. The molecule has 0 aromatic heterocycles. The van der Waals surface area contributed by atoms with Crippen LogP contribution in [-0.4, -0.2) is 23.6 Å². The van der Waals surface area contributed by atoms with Gasteiger partial charge in [-0.15, -0.1) is 0 Å². The van der Waals surface area contributed by atoms with Gasteiger partial charge in [-0.2, -0.15) is 5.10 Å². The molecular formula is C16H16N4O3. The van der Waals surface area contributed by atoms with Crippen molar-refractivity contribution in [3.63, 3.8) is 0 Å². The fraction of sp³-hybridized carbons (Fsp3) is 0.125. The first-order chi connectivity index (χ1) is 11.1. The number of carbonyl (C=O) groups excluding carboxylic acids is 1. The maximum atomic E-state index is 11.7. The van der Waals surface area contributed by atoms with E-state index in [4.69, 9.17) is 0 Å². The predicted molar refractivity (Wildman–Crippen MR) is 88.5 cm³/mol. The summed E-state index contributed by atoms with van der Waals surface area (Å²) in [6.07, 6.45) is 1.25. The minimum Gasteiger partial charge on any atom is -0.376 e. The quantitative estimate of drug-likeness (QED) is 0.486. The van der Waals surface area contributed by atoms with E-state index in [1.807, 2.05) is 31.2 Å². The molecule has 2 aromatic rings. The van der Waals surface area contributed by atoms with Crippen LogP contribution in [-0.2, 0) is 4.79 Å². The Morgan fingerprint density at radius 1 is 1.22 bits per heavy atom. The molecule has 0 atom stereocenters. The number of hydrogen-bond acceptors (Lipinski definition) is 5. The van der Waals surface area contributed by atoms with Crippen molar-refractivity contribution in [3.8, 4) is 0 Å². The first kappa shape index (κ1) is 16.2. The number of para-hydroxylation sites is 2. The normalized spacial score (nSPS) is 10.5. The topological polar surface area (TPSA) is 96.6 Å². The highest BCUT2D eigenvalue weighted by molar-refractivity contribution is 5.87. The van der Waals surface area contributed by atoms with Crippen LogP contribution in [0.4, 0.5) is 11.4 Å². The third kappa shape index (κ3) is 4.63. The highest BCUT2D eigenvalue weighted by Gasteiger charge is 2.10. The average Bonchev–Trinajstić information content (AvgIpc) is 2.54. The number of rotatable bonds is 6. The molecule has 0 aliphatic rings. The molecule has 2 rings (SSSR count). The van der Waals surface area contributed by atoms with Crippen molar-refractivity contribution in [1.29, 1.82) is 0 Å². The number of nitrogens with one attached hydrogen (secondary N) is 2. The lowest BCUT2D eigenvalue weighted by Gasteiger charge is -2.07. The molecule has 0 aliphatic heterocycles. The second-order valence-corrected chi connectivity index (χ2v) is 4.78. The van der Waals surface area contributed by atoms with E-state index in [2.05, 4.69) is 15.8 Å². The van der Waals surface area contributed by atoms with Gasteiger partial charge in [0.05, 0.1) is 23.2 Å². The maximum Gasteiger partial charge on any atom is 0.278 e. The molecule has 7 nitrogen and oxygen atoms in total. The van der Waals surface area contributed by atoms with E-state index in [1.54, 1.807) is 18.2 Å². The Bertz CT molecular complexity index is 744. The number of aryl methyl sites for hydroxylation is 1. The molecule has 0 fully saturated rings. The molecule has 2 N–H and O–H groups in total. The Labute approximate surface area is 133 Å². The minimum absolute atomic E-state index is 0.0546. The number of hydrazone groups is 1. The summed E-state index contributed by atoms with van der Waals surface area (Å²) in [4.78, 5) is 22.1. The van der Waals surface area contributed by atoms with Crippen molar-refractivity contribution in [2.24, 2.45) is 5.10 Å². The van der Waals surface area contributed by atoms with Crippen LogP contribution >= 0.6 is 0 Å². The molecule has 0 saturated heterocycles. The number of amides is 1. The summed E-state index contributed by atoms with van der Waals surface area (Å²) in [5, 5.41) is 17.6. The number of hydrogen-bond donors (Lipinski definition) is 2. The van der Waals surface area contributed by atoms with E-state index in [0.29, 0.717) is 5.56 Å². The molecule has 0 aliphatic carbocycles. The number of nitrogens with zero attached hydrogens (tertiary/aromatic N) is 2. The van der Waals surface area contributed by atoms with E-state index in [-0.39, 0.29) is 18.1 Å². The summed E-state index contributed by atoms with van der Waals surface area (Å²) in [6, 6.07) is 13.8. The molecule has 0 radical (unpaired) electrons. The van der Waals surface area contributed by atoms with E-state index < -0.39 is 4.92 Å². The van der Waals surface area contributed by atoms with Gasteiger partial charge in [0.15, 0.2) is 0 Å². The van der Waals surface area contributed by atoms with Crippen LogP contribution in [0.25, 0.3) is 0 Å². The van der Waals surface area contributed by atoms with Crippen LogP contribution < -0.4 is 10.7 Å². The second kappa shape index (κ2) is 7.69. The van der Waals surface area contributed by atoms with Gasteiger partial charge >= 0.3 is 0 Å². The summed E-state index contributed by atoms with van der Waals surface area (Å²) in [6.45, 7) is 1.99. The van der Waals surface area contributed by atoms with Crippen LogP contribution in [0.1, 0.15) is 11.1 Å². The van der Waals surface area contributed by atoms with Gasteiger partial charge in [0.25, 0.3) is 11.6 Å². The maximum absolute atomic E-state index is 11.7. The first-order valence-electron chi connectivity index (χ1n) is 6.93. The summed E-state index contributed by atoms with van der Waals surface area (Å²) >= 11 is 0. The van der Waals surface area contributed by atoms with E-state index in [0.717, 1.165) is 11.3 Å². The summed E-state index contributed by atoms with van der Waals surface area (Å²) in [7, 11) is 0. The zero-order valence-electron chi connectivity index (χ0n) is 12.5. The molecule has 2 aromatic carbocycles. The lowest BCUT2D eigenvalue weighted by Crippen LogP contribution is -2.26. The number of nitro benzene ring substituents is 1. The van der Waals surface area contributed by atoms with Gasteiger partial charge in [0.1, 0.15) is 0 Å². The highest BCUT2D eigenvalue weighted by Crippen LogP contribution is 2.15. The van der Waals surface area contributed by atoms with Crippen molar-refractivity contribution < 1.29 is 9.72 Å². The van der Waals surface area contributed by atoms with Gasteiger partial charge in [-0.25, -0.2) is 5.43 Å². The largest absolute Gasteiger partial charge is 0.376 e. The third-order valence-corrected chi connectivity index (χ3v) is 3.11. The van der Waals surface area contributed by atoms with Crippen molar-refractivity contribution >= 4 is 23.5 Å². The van der Waals surface area contributed by atoms with Gasteiger partial charge < -0.3 is 5.32 Å². The molecular weight excluding hydrogens is 296 g/mol. The van der Waals surface area contributed by atoms with Crippen LogP contribution in [0.5, 0.6) is 0 Å². The van der Waals surface area contributed by atoms with Gasteiger partial charge in [-0.3, -0.25) is 14.9 Å². The van der Waals surface area contributed by atoms with Crippen molar-refractivity contribution in [2.75, 3.05) is 11.9 Å². The second-order valence-electron chi connectivity index (χ2n) is 4.78. The Kier molecular flexibility index (Phi) is 5.40. The predicted octanol–water partition coefficient (Wildman–Crippen LogP) is 2.47. The fourth-order valence-electron chi connectivity index (χ4n) is 1.92. The summed E-state index contributed by atoms with van der Waals surface area (Å²) < 4.78 is 0. The third-order valence-electron chi connectivity index (χ3n) is 3.11. The van der Waals surface area contributed by atoms with Crippen molar-refractivity contribution in [3.05, 3.63) is 69.8 Å². The molecule has 0 heterocycles. The Balaban J connectivity index is 1.90. The van der Waals surface area contributed by atoms with Crippen molar-refractivity contribution in [1.82, 2.24) is 5.43 Å². The van der Waals surface area contributed by atoms with Crippen molar-refractivity contribution in [2.45, 2.75) is 6.92 Å². The SMILES string of the molecule is Cc1ccccc1NCC(=O)N/N=C/c1ccccc1[N+](=O)[O-]. The average molecular weight is 312 g/mol. The number of carbonyl (C=O) groups is 1. The van der Waals surface area contributed by atoms with E-state index in [1.165, 1.54) is 12.3 Å². The minimum atomic E-state index is -0.497. The summed E-state index contributed by atoms with van der Waals surface area (Å²) in [5.41, 5.74) is 4.49. The zero-order chi connectivity index (χ0) is 16.7. The van der Waals surface area contributed by atoms with Gasteiger partial charge in [-0.05, 0) is 24.6 Å². The van der Waals surface area contributed by atoms with Gasteiger partial charge in [-0.1, -0.05) is 30.3 Å². The number of benzene rings is 2. The number of nitro groups is 1. The lowest BCUT2D eigenvalue weighted by atomic mass is 10.2. The first-order valence-corrected chi connectivity index (χ1v) is 6.93. The molecule has 118 valence electrons. The van der Waals surface area contributed by atoms with Crippen LogP contribution in [0.15, 0.2) is 53.6 Å². The van der Waals surface area contributed by atoms with E-state index >= 15 is 0 Å². The fourth-order valence-corrected chi connectivity index (χ4v) is 1.92. The lowest BCUT2D eigenvalue weighted by molar-refractivity contribution is -0.385. The molecule has 0 saturated carbocycles. The highest BCUT2D eigenvalue weighted by atomic mass is 16.6. The molecule has 23 heavy (non-hydrogen) atoms. The van der Waals surface area contributed by atoms with Crippen LogP contribution in [0.3, 0.4) is 0 Å². The Morgan fingerprint density at radius 2 is 1.91 bits per heavy atom. The molecule has 0 spiro atoms. The Hall–Kier alpha value is -3.22. The Morgan fingerprint density at radius 3 is 2.65 bits per heavy atom. The van der Waals surface area contributed by atoms with Gasteiger partial charge in [0.2, 0.25) is 0 Å². The standard InChI is InChI=1S/C16H16N4O3/c1-12-6-2-4-8-14(12)17-11-16(21)19-18-10-13-7-3-5-9-15(13)20(22)23/h2-10,17H,11H2,1H3,(H,19,21)/b18-10+. The summed E-state index contributed by atoms with van der Waals surface area (Å²) in [5.74, 6) is -0.344. The molecule has 0 unspecified atom stereocenters.